The van der Waals surface area contributed by atoms with E-state index in [2.05, 4.69) is 0 Å². The minimum atomic E-state index is -1.58. The molecule has 2 saturated heterocycles. The first kappa shape index (κ1) is 11.7. The van der Waals surface area contributed by atoms with Crippen molar-refractivity contribution in [2.75, 3.05) is 0 Å². The molecule has 0 aromatic carbocycles. The molecule has 3 atom stereocenters. The minimum Gasteiger partial charge on any atom is -0.478 e. The van der Waals surface area contributed by atoms with Crippen LogP contribution >= 0.6 is 11.8 Å². The zero-order valence-corrected chi connectivity index (χ0v) is 10.4. The molecule has 2 aliphatic rings. The molecule has 1 amide bonds. The Labute approximate surface area is 98.4 Å². The molecule has 6 heteroatoms. The molecule has 2 heterocycles. The second-order valence-corrected chi connectivity index (χ2v) is 6.55. The van der Waals surface area contributed by atoms with Crippen molar-refractivity contribution in [3.8, 4) is 0 Å². The number of carbonyl (C=O) groups excluding carboxylic acids is 1. The Morgan fingerprint density at radius 2 is 2.19 bits per heavy atom. The smallest absolute Gasteiger partial charge is 0.346 e. The predicted molar refractivity (Wildman–Crippen MR) is 60.6 cm³/mol. The van der Waals surface area contributed by atoms with Gasteiger partial charge in [-0.1, -0.05) is 6.92 Å². The molecule has 0 radical (unpaired) electrons. The second-order valence-electron chi connectivity index (χ2n) is 4.81. The zero-order valence-electron chi connectivity index (χ0n) is 9.56. The normalized spacial score (nSPS) is 40.5. The first-order valence-corrected chi connectivity index (χ1v) is 6.18. The maximum atomic E-state index is 11.9. The van der Waals surface area contributed by atoms with Crippen LogP contribution in [0.1, 0.15) is 27.2 Å². The summed E-state index contributed by atoms with van der Waals surface area (Å²) in [5.41, 5.74) is 4.38. The van der Waals surface area contributed by atoms with E-state index in [4.69, 9.17) is 5.73 Å². The number of nitrogens with two attached hydrogens (primary N) is 1. The highest BCUT2D eigenvalue weighted by Gasteiger charge is 2.70. The van der Waals surface area contributed by atoms with Crippen molar-refractivity contribution in [2.24, 2.45) is 11.7 Å². The van der Waals surface area contributed by atoms with Crippen molar-refractivity contribution < 1.29 is 14.7 Å². The standard InChI is InChI=1S/C10H16N2O3S/c1-4-5-6(13)12-7(5)16-9(2,3)10(12,11)8(14)15/h5,7H,4,11H2,1-3H3,(H,14,15)/t5-,7-,10+/m1/s1. The van der Waals surface area contributed by atoms with Crippen LogP contribution in [0, 0.1) is 5.92 Å². The van der Waals surface area contributed by atoms with Crippen LogP contribution in [0.25, 0.3) is 0 Å². The third-order valence-corrected chi connectivity index (χ3v) is 5.31. The van der Waals surface area contributed by atoms with Crippen LogP contribution < -0.4 is 5.73 Å². The molecule has 2 fully saturated rings. The van der Waals surface area contributed by atoms with Crippen molar-refractivity contribution in [1.29, 1.82) is 0 Å². The Bertz CT molecular complexity index is 371. The summed E-state index contributed by atoms with van der Waals surface area (Å²) in [6.07, 6.45) is 0.735. The number of carbonyl (C=O) groups is 2. The fourth-order valence-corrected chi connectivity index (χ4v) is 4.27. The SMILES string of the molecule is CC[C@@H]1C(=O)N2[C@@H]1SC(C)(C)[C@]2(N)C(=O)O. The number of β-lactam (4-membered cyclic amide) rings is 1. The molecule has 0 spiro atoms. The van der Waals surface area contributed by atoms with E-state index in [-0.39, 0.29) is 17.2 Å². The summed E-state index contributed by atoms with van der Waals surface area (Å²) in [4.78, 5) is 24.5. The fourth-order valence-electron chi connectivity index (χ4n) is 2.45. The van der Waals surface area contributed by atoms with Crippen LogP contribution in [0.4, 0.5) is 0 Å². The van der Waals surface area contributed by atoms with E-state index in [1.807, 2.05) is 6.92 Å². The van der Waals surface area contributed by atoms with Gasteiger partial charge in [0.2, 0.25) is 11.6 Å². The topological polar surface area (TPSA) is 83.6 Å². The number of aliphatic carboxylic acids is 1. The van der Waals surface area contributed by atoms with Gasteiger partial charge in [-0.2, -0.15) is 0 Å². The second kappa shape index (κ2) is 3.13. The van der Waals surface area contributed by atoms with Crippen molar-refractivity contribution in [3.63, 3.8) is 0 Å². The fraction of sp³-hybridized carbons (Fsp3) is 0.800. The van der Waals surface area contributed by atoms with E-state index in [0.29, 0.717) is 0 Å². The van der Waals surface area contributed by atoms with Gasteiger partial charge in [-0.3, -0.25) is 10.5 Å². The maximum absolute atomic E-state index is 11.9. The summed E-state index contributed by atoms with van der Waals surface area (Å²) in [5.74, 6) is -1.33. The van der Waals surface area contributed by atoms with E-state index in [0.717, 1.165) is 6.42 Å². The summed E-state index contributed by atoms with van der Waals surface area (Å²) >= 11 is 1.49. The van der Waals surface area contributed by atoms with Gasteiger partial charge in [0.1, 0.15) is 0 Å². The van der Waals surface area contributed by atoms with Crippen LogP contribution in [0.2, 0.25) is 0 Å². The molecule has 2 aliphatic heterocycles. The Hall–Kier alpha value is -0.750. The van der Waals surface area contributed by atoms with Crippen LogP contribution in [-0.4, -0.2) is 37.7 Å². The average Bonchev–Trinajstić information content (AvgIpc) is 2.34. The van der Waals surface area contributed by atoms with Gasteiger partial charge in [0.15, 0.2) is 0 Å². The molecule has 0 bridgehead atoms. The summed E-state index contributed by atoms with van der Waals surface area (Å²) < 4.78 is -0.664. The molecule has 0 aliphatic carbocycles. The lowest BCUT2D eigenvalue weighted by Crippen LogP contribution is -2.74. The van der Waals surface area contributed by atoms with Crippen molar-refractivity contribution >= 4 is 23.6 Å². The van der Waals surface area contributed by atoms with Crippen molar-refractivity contribution in [3.05, 3.63) is 0 Å². The summed E-state index contributed by atoms with van der Waals surface area (Å²) in [5, 5.41) is 9.20. The molecule has 2 rings (SSSR count). The lowest BCUT2D eigenvalue weighted by atomic mass is 9.86. The number of thioether (sulfide) groups is 1. The molecule has 0 saturated carbocycles. The summed E-state index contributed by atoms with van der Waals surface area (Å²) in [6, 6.07) is 0. The number of rotatable bonds is 2. The van der Waals surface area contributed by atoms with Gasteiger partial charge >= 0.3 is 5.97 Å². The number of hydrogen-bond donors (Lipinski definition) is 2. The van der Waals surface area contributed by atoms with E-state index in [1.165, 1.54) is 16.7 Å². The van der Waals surface area contributed by atoms with Crippen LogP contribution in [0.15, 0.2) is 0 Å². The van der Waals surface area contributed by atoms with Gasteiger partial charge in [-0.15, -0.1) is 11.8 Å². The van der Waals surface area contributed by atoms with Crippen LogP contribution in [-0.2, 0) is 9.59 Å². The highest BCUT2D eigenvalue weighted by Crippen LogP contribution is 2.57. The molecule has 0 unspecified atom stereocenters. The van der Waals surface area contributed by atoms with Crippen molar-refractivity contribution in [1.82, 2.24) is 4.90 Å². The molecular formula is C10H16N2O3S. The molecule has 5 nitrogen and oxygen atoms in total. The summed E-state index contributed by atoms with van der Waals surface area (Å²) in [7, 11) is 0. The molecule has 16 heavy (non-hydrogen) atoms. The van der Waals surface area contributed by atoms with Gasteiger partial charge in [0.05, 0.1) is 16.0 Å². The van der Waals surface area contributed by atoms with Crippen LogP contribution in [0.5, 0.6) is 0 Å². The monoisotopic (exact) mass is 244 g/mol. The Kier molecular flexibility index (Phi) is 2.30. The number of nitrogens with zero attached hydrogens (tertiary/aromatic N) is 1. The van der Waals surface area contributed by atoms with E-state index >= 15 is 0 Å². The third kappa shape index (κ3) is 1.06. The highest BCUT2D eigenvalue weighted by molar-refractivity contribution is 8.01. The number of amides is 1. The number of carboxylic acids is 1. The third-order valence-electron chi connectivity index (χ3n) is 3.63. The van der Waals surface area contributed by atoms with Crippen LogP contribution in [0.3, 0.4) is 0 Å². The lowest BCUT2D eigenvalue weighted by molar-refractivity contribution is -0.174. The molecule has 0 aromatic heterocycles. The lowest BCUT2D eigenvalue weighted by Gasteiger charge is -2.47. The van der Waals surface area contributed by atoms with Crippen molar-refractivity contribution in [2.45, 2.75) is 43.0 Å². The quantitative estimate of drug-likeness (QED) is 0.689. The predicted octanol–water partition coefficient (Wildman–Crippen LogP) is 0.446. The largest absolute Gasteiger partial charge is 0.478 e. The minimum absolute atomic E-state index is 0.0750. The maximum Gasteiger partial charge on any atom is 0.346 e. The summed E-state index contributed by atoms with van der Waals surface area (Å²) in [6.45, 7) is 5.50. The van der Waals surface area contributed by atoms with Gasteiger partial charge in [0.25, 0.3) is 0 Å². The first-order chi connectivity index (χ1) is 7.27. The zero-order chi connectivity index (χ0) is 12.3. The van der Waals surface area contributed by atoms with Gasteiger partial charge < -0.3 is 10.0 Å². The Morgan fingerprint density at radius 3 is 2.62 bits per heavy atom. The van der Waals surface area contributed by atoms with E-state index < -0.39 is 16.4 Å². The van der Waals surface area contributed by atoms with Gasteiger partial charge in [-0.25, -0.2) is 4.79 Å². The van der Waals surface area contributed by atoms with E-state index in [1.54, 1.807) is 13.8 Å². The first-order valence-electron chi connectivity index (χ1n) is 5.30. The molecule has 0 aromatic rings. The molecule has 90 valence electrons. The number of carboxylic acid groups (broad SMARTS) is 1. The number of fused-ring (bicyclic) bond motifs is 1. The highest BCUT2D eigenvalue weighted by atomic mass is 32.2. The molecule has 3 N–H and O–H groups in total. The average molecular weight is 244 g/mol. The van der Waals surface area contributed by atoms with Gasteiger partial charge in [0, 0.05) is 0 Å². The Morgan fingerprint density at radius 1 is 1.62 bits per heavy atom. The van der Waals surface area contributed by atoms with Gasteiger partial charge in [-0.05, 0) is 20.3 Å². The van der Waals surface area contributed by atoms with E-state index in [9.17, 15) is 14.7 Å². The molecular weight excluding hydrogens is 228 g/mol. The Balaban J connectivity index is 2.41. The number of hydrogen-bond acceptors (Lipinski definition) is 4.